The number of nitrogens with one attached hydrogen (secondary N) is 1. The highest BCUT2D eigenvalue weighted by molar-refractivity contribution is 7.92. The molecule has 2 amide bonds. The van der Waals surface area contributed by atoms with Gasteiger partial charge in [0, 0.05) is 12.1 Å². The molecule has 0 aliphatic heterocycles. The van der Waals surface area contributed by atoms with Gasteiger partial charge in [0.15, 0.2) is 0 Å². The molecule has 0 bridgehead atoms. The molecule has 0 spiro atoms. The lowest BCUT2D eigenvalue weighted by Gasteiger charge is -2.33. The lowest BCUT2D eigenvalue weighted by molar-refractivity contribution is -0.140. The highest BCUT2D eigenvalue weighted by Crippen LogP contribution is 2.27. The largest absolute Gasteiger partial charge is 0.497 e. The molecule has 3 rings (SSSR count). The van der Waals surface area contributed by atoms with Crippen molar-refractivity contribution in [3.05, 3.63) is 88.4 Å². The summed E-state index contributed by atoms with van der Waals surface area (Å²) in [6, 6.07) is 18.2. The Morgan fingerprint density at radius 2 is 1.57 bits per heavy atom. The summed E-state index contributed by atoms with van der Waals surface area (Å²) in [5, 5.41) is 3.53. The minimum Gasteiger partial charge on any atom is -0.497 e. The molecule has 3 aromatic rings. The van der Waals surface area contributed by atoms with Crippen LogP contribution in [0.4, 0.5) is 5.69 Å². The second-order valence-corrected chi connectivity index (χ2v) is 12.9. The predicted molar refractivity (Wildman–Crippen MR) is 158 cm³/mol. The first-order chi connectivity index (χ1) is 18.7. The molecule has 0 saturated heterocycles. The van der Waals surface area contributed by atoms with E-state index in [0.29, 0.717) is 21.4 Å². The zero-order chi connectivity index (χ0) is 29.7. The van der Waals surface area contributed by atoms with Crippen molar-refractivity contribution in [2.75, 3.05) is 18.0 Å². The van der Waals surface area contributed by atoms with Gasteiger partial charge in [-0.3, -0.25) is 13.9 Å². The molecule has 0 aliphatic carbocycles. The maximum absolute atomic E-state index is 14.0. The van der Waals surface area contributed by atoms with E-state index in [2.05, 4.69) is 5.32 Å². The van der Waals surface area contributed by atoms with E-state index in [1.165, 1.54) is 24.1 Å². The van der Waals surface area contributed by atoms with E-state index in [9.17, 15) is 18.0 Å². The van der Waals surface area contributed by atoms with Crippen molar-refractivity contribution >= 4 is 50.7 Å². The summed E-state index contributed by atoms with van der Waals surface area (Å²) in [6.07, 6.45) is 0. The first kappa shape index (κ1) is 31.3. The Kier molecular flexibility index (Phi) is 10.1. The lowest BCUT2D eigenvalue weighted by Crippen LogP contribution is -2.54. The standard InChI is InChI=1S/C29H33Cl2N3O5S/c1-20(28(36)32-29(2,3)4)33(18-21-11-16-25(30)26(31)17-21)27(35)19-34(22-12-14-23(39-5)15-13-22)40(37,38)24-9-7-6-8-10-24/h6-17,20H,18-19H2,1-5H3,(H,32,36)/t20-/m0/s1. The Balaban J connectivity index is 2.04. The number of methoxy groups -OCH3 is 1. The summed E-state index contributed by atoms with van der Waals surface area (Å²) in [5.74, 6) is -0.443. The van der Waals surface area contributed by atoms with Crippen LogP contribution in [0.25, 0.3) is 0 Å². The predicted octanol–water partition coefficient (Wildman–Crippen LogP) is 5.53. The number of rotatable bonds is 10. The fraction of sp³-hybridized carbons (Fsp3) is 0.310. The van der Waals surface area contributed by atoms with Gasteiger partial charge in [0.25, 0.3) is 10.0 Å². The van der Waals surface area contributed by atoms with Gasteiger partial charge in [0.1, 0.15) is 18.3 Å². The maximum Gasteiger partial charge on any atom is 0.264 e. The van der Waals surface area contributed by atoms with E-state index in [1.807, 2.05) is 20.8 Å². The Bertz CT molecular complexity index is 1440. The fourth-order valence-electron chi connectivity index (χ4n) is 3.89. The Morgan fingerprint density at radius 1 is 0.950 bits per heavy atom. The minimum atomic E-state index is -4.16. The van der Waals surface area contributed by atoms with Crippen LogP contribution in [0.15, 0.2) is 77.7 Å². The van der Waals surface area contributed by atoms with Crippen LogP contribution in [0.1, 0.15) is 33.3 Å². The molecular formula is C29H33Cl2N3O5S. The van der Waals surface area contributed by atoms with Crippen molar-refractivity contribution in [2.24, 2.45) is 0 Å². The van der Waals surface area contributed by atoms with Gasteiger partial charge in [-0.25, -0.2) is 8.42 Å². The first-order valence-corrected chi connectivity index (χ1v) is 14.7. The van der Waals surface area contributed by atoms with Crippen LogP contribution in [-0.2, 0) is 26.2 Å². The number of hydrogen-bond donors (Lipinski definition) is 1. The number of carbonyl (C=O) groups is 2. The third kappa shape index (κ3) is 7.90. The molecule has 0 heterocycles. The zero-order valence-electron chi connectivity index (χ0n) is 23.0. The molecule has 214 valence electrons. The summed E-state index contributed by atoms with van der Waals surface area (Å²) < 4.78 is 33.8. The summed E-state index contributed by atoms with van der Waals surface area (Å²) >= 11 is 12.3. The molecule has 8 nitrogen and oxygen atoms in total. The van der Waals surface area contributed by atoms with Gasteiger partial charge in [-0.05, 0) is 81.8 Å². The van der Waals surface area contributed by atoms with E-state index in [4.69, 9.17) is 27.9 Å². The molecule has 1 atom stereocenters. The highest BCUT2D eigenvalue weighted by atomic mass is 35.5. The molecule has 0 radical (unpaired) electrons. The first-order valence-electron chi connectivity index (χ1n) is 12.5. The Labute approximate surface area is 245 Å². The van der Waals surface area contributed by atoms with Crippen LogP contribution in [0.3, 0.4) is 0 Å². The van der Waals surface area contributed by atoms with Crippen LogP contribution in [-0.4, -0.2) is 50.4 Å². The molecule has 0 aliphatic rings. The number of anilines is 1. The monoisotopic (exact) mass is 605 g/mol. The Hall–Kier alpha value is -3.27. The van der Waals surface area contributed by atoms with Gasteiger partial charge < -0.3 is 15.0 Å². The van der Waals surface area contributed by atoms with Crippen molar-refractivity contribution in [1.82, 2.24) is 10.2 Å². The molecule has 11 heteroatoms. The number of sulfonamides is 1. The van der Waals surface area contributed by atoms with Crippen LogP contribution >= 0.6 is 23.2 Å². The number of carbonyl (C=O) groups excluding carboxylic acids is 2. The van der Waals surface area contributed by atoms with Gasteiger partial charge in [0.05, 0.1) is 27.7 Å². The van der Waals surface area contributed by atoms with Crippen LogP contribution in [0.2, 0.25) is 10.0 Å². The topological polar surface area (TPSA) is 96.0 Å². The third-order valence-corrected chi connectivity index (χ3v) is 8.50. The number of halogens is 2. The van der Waals surface area contributed by atoms with Gasteiger partial charge in [-0.15, -0.1) is 0 Å². The summed E-state index contributed by atoms with van der Waals surface area (Å²) in [5.41, 5.74) is 0.342. The van der Waals surface area contributed by atoms with Gasteiger partial charge in [-0.1, -0.05) is 47.5 Å². The quantitative estimate of drug-likeness (QED) is 0.328. The molecule has 40 heavy (non-hydrogen) atoms. The van der Waals surface area contributed by atoms with Crippen molar-refractivity contribution in [3.63, 3.8) is 0 Å². The van der Waals surface area contributed by atoms with Crippen molar-refractivity contribution in [3.8, 4) is 5.75 Å². The average Bonchev–Trinajstić information content (AvgIpc) is 2.91. The number of nitrogens with zero attached hydrogens (tertiary/aromatic N) is 2. The van der Waals surface area contributed by atoms with E-state index < -0.39 is 34.1 Å². The third-order valence-electron chi connectivity index (χ3n) is 5.97. The normalized spacial score (nSPS) is 12.4. The summed E-state index contributed by atoms with van der Waals surface area (Å²) in [6.45, 7) is 6.54. The minimum absolute atomic E-state index is 0.00368. The summed E-state index contributed by atoms with van der Waals surface area (Å²) in [4.78, 5) is 28.5. The van der Waals surface area contributed by atoms with Gasteiger partial charge in [0.2, 0.25) is 11.8 Å². The smallest absolute Gasteiger partial charge is 0.264 e. The molecule has 0 unspecified atom stereocenters. The SMILES string of the molecule is COc1ccc(N(CC(=O)N(Cc2ccc(Cl)c(Cl)c2)[C@@H](C)C(=O)NC(C)(C)C)S(=O)(=O)c2ccccc2)cc1. The van der Waals surface area contributed by atoms with E-state index in [1.54, 1.807) is 67.6 Å². The van der Waals surface area contributed by atoms with Crippen LogP contribution in [0.5, 0.6) is 5.75 Å². The van der Waals surface area contributed by atoms with Crippen LogP contribution in [0, 0.1) is 0 Å². The van der Waals surface area contributed by atoms with Gasteiger partial charge in [-0.2, -0.15) is 0 Å². The number of benzene rings is 3. The molecule has 0 aromatic heterocycles. The van der Waals surface area contributed by atoms with E-state index in [0.717, 1.165) is 4.31 Å². The number of ether oxygens (including phenoxy) is 1. The molecule has 0 fully saturated rings. The lowest BCUT2D eigenvalue weighted by atomic mass is 10.1. The molecule has 3 aromatic carbocycles. The van der Waals surface area contributed by atoms with E-state index in [-0.39, 0.29) is 23.0 Å². The zero-order valence-corrected chi connectivity index (χ0v) is 25.3. The van der Waals surface area contributed by atoms with Crippen LogP contribution < -0.4 is 14.4 Å². The number of amides is 2. The van der Waals surface area contributed by atoms with E-state index >= 15 is 0 Å². The maximum atomic E-state index is 14.0. The van der Waals surface area contributed by atoms with Crippen molar-refractivity contribution < 1.29 is 22.7 Å². The van der Waals surface area contributed by atoms with Crippen molar-refractivity contribution in [1.29, 1.82) is 0 Å². The molecule has 1 N–H and O–H groups in total. The van der Waals surface area contributed by atoms with Gasteiger partial charge >= 0.3 is 0 Å². The number of hydrogen-bond acceptors (Lipinski definition) is 5. The average molecular weight is 607 g/mol. The Morgan fingerprint density at radius 3 is 2.12 bits per heavy atom. The highest BCUT2D eigenvalue weighted by Gasteiger charge is 2.33. The fourth-order valence-corrected chi connectivity index (χ4v) is 5.64. The second-order valence-electron chi connectivity index (χ2n) is 10.2. The van der Waals surface area contributed by atoms with Crippen molar-refractivity contribution in [2.45, 2.75) is 50.7 Å². The second kappa shape index (κ2) is 12.9. The summed E-state index contributed by atoms with van der Waals surface area (Å²) in [7, 11) is -2.65. The molecular weight excluding hydrogens is 573 g/mol. The molecule has 0 saturated carbocycles.